The third-order valence-corrected chi connectivity index (χ3v) is 3.68. The first kappa shape index (κ1) is 14.7. The predicted octanol–water partition coefficient (Wildman–Crippen LogP) is 3.97. The molecule has 0 aliphatic rings. The van der Waals surface area contributed by atoms with Crippen molar-refractivity contribution >= 4 is 34.3 Å². The van der Waals surface area contributed by atoms with Crippen LogP contribution >= 0.6 is 11.6 Å². The van der Waals surface area contributed by atoms with E-state index in [1.54, 1.807) is 30.4 Å². The second kappa shape index (κ2) is 5.53. The van der Waals surface area contributed by atoms with Crippen molar-refractivity contribution in [2.75, 3.05) is 11.9 Å². The molecule has 0 unspecified atom stereocenters. The maximum Gasteiger partial charge on any atom is 0.312 e. The van der Waals surface area contributed by atoms with Crippen LogP contribution in [0.5, 0.6) is 0 Å². The minimum absolute atomic E-state index is 0.128. The molecule has 3 rings (SSSR count). The van der Waals surface area contributed by atoms with Crippen LogP contribution < -0.4 is 4.90 Å². The largest absolute Gasteiger partial charge is 0.327 e. The van der Waals surface area contributed by atoms with Gasteiger partial charge in [0.25, 0.3) is 0 Å². The molecule has 0 fully saturated rings. The number of anilines is 2. The van der Waals surface area contributed by atoms with E-state index < -0.39 is 6.08 Å². The lowest BCUT2D eigenvalue weighted by Gasteiger charge is -2.19. The van der Waals surface area contributed by atoms with Crippen LogP contribution in [0, 0.1) is 6.08 Å². The van der Waals surface area contributed by atoms with Crippen molar-refractivity contribution in [2.45, 2.75) is 19.9 Å². The van der Waals surface area contributed by atoms with Gasteiger partial charge in [0.15, 0.2) is 17.0 Å². The lowest BCUT2D eigenvalue weighted by atomic mass is 10.3. The van der Waals surface area contributed by atoms with Crippen LogP contribution in [-0.4, -0.2) is 26.6 Å². The molecule has 0 bridgehead atoms. The number of hydrogen-bond donors (Lipinski definition) is 0. The molecule has 0 aliphatic heterocycles. The van der Waals surface area contributed by atoms with E-state index in [1.807, 2.05) is 30.5 Å². The van der Waals surface area contributed by atoms with Crippen LogP contribution in [0.1, 0.15) is 19.9 Å². The molecule has 2 heterocycles. The van der Waals surface area contributed by atoms with Crippen LogP contribution in [0.2, 0.25) is 5.02 Å². The van der Waals surface area contributed by atoms with Crippen molar-refractivity contribution in [1.29, 1.82) is 0 Å². The average Bonchev–Trinajstić information content (AvgIpc) is 2.89. The maximum atomic E-state index is 13.9. The Morgan fingerprint density at radius 3 is 2.73 bits per heavy atom. The Bertz CT molecular complexity index is 830. The van der Waals surface area contributed by atoms with Gasteiger partial charge in [-0.2, -0.15) is 14.4 Å². The van der Waals surface area contributed by atoms with Crippen LogP contribution in [0.25, 0.3) is 11.2 Å². The summed E-state index contributed by atoms with van der Waals surface area (Å²) in [6, 6.07) is 7.39. The molecule has 5 nitrogen and oxygen atoms in total. The summed E-state index contributed by atoms with van der Waals surface area (Å²) >= 11 is 6.02. The summed E-state index contributed by atoms with van der Waals surface area (Å²) in [5, 5.41) is 0.600. The number of benzene rings is 1. The summed E-state index contributed by atoms with van der Waals surface area (Å²) < 4.78 is 15.7. The molecule has 0 spiro atoms. The number of hydrogen-bond acceptors (Lipinski definition) is 4. The summed E-state index contributed by atoms with van der Waals surface area (Å²) in [6.07, 6.45) is 0.873. The van der Waals surface area contributed by atoms with Gasteiger partial charge in [-0.1, -0.05) is 17.7 Å². The van der Waals surface area contributed by atoms with E-state index in [9.17, 15) is 4.39 Å². The lowest BCUT2D eigenvalue weighted by molar-refractivity contribution is 0.537. The predicted molar refractivity (Wildman–Crippen MR) is 85.2 cm³/mol. The molecule has 3 aromatic rings. The zero-order valence-corrected chi connectivity index (χ0v) is 13.2. The second-order valence-corrected chi connectivity index (χ2v) is 5.71. The van der Waals surface area contributed by atoms with E-state index >= 15 is 0 Å². The zero-order chi connectivity index (χ0) is 15.9. The topological polar surface area (TPSA) is 46.8 Å². The molecule has 0 saturated carbocycles. The molecule has 114 valence electrons. The van der Waals surface area contributed by atoms with E-state index in [2.05, 4.69) is 15.0 Å². The SMILES string of the molecule is CC(C)n1cnc2c(N(C)c3cccc(Cl)c3)nc(F)nc21. The maximum absolute atomic E-state index is 13.9. The van der Waals surface area contributed by atoms with E-state index in [-0.39, 0.29) is 6.04 Å². The Morgan fingerprint density at radius 1 is 1.27 bits per heavy atom. The van der Waals surface area contributed by atoms with Crippen molar-refractivity contribution < 1.29 is 4.39 Å². The average molecular weight is 320 g/mol. The Hall–Kier alpha value is -2.21. The van der Waals surface area contributed by atoms with Gasteiger partial charge in [0, 0.05) is 23.8 Å². The third kappa shape index (κ3) is 2.50. The zero-order valence-electron chi connectivity index (χ0n) is 12.5. The highest BCUT2D eigenvalue weighted by molar-refractivity contribution is 6.30. The molecule has 22 heavy (non-hydrogen) atoms. The standard InChI is InChI=1S/C15H15ClFN5/c1-9(2)22-8-18-12-13(19-15(17)20-14(12)22)21(3)11-6-4-5-10(16)7-11/h4-9H,1-3H3. The van der Waals surface area contributed by atoms with E-state index in [4.69, 9.17) is 11.6 Å². The van der Waals surface area contributed by atoms with Crippen molar-refractivity contribution in [2.24, 2.45) is 0 Å². The summed E-state index contributed by atoms with van der Waals surface area (Å²) in [4.78, 5) is 13.9. The van der Waals surface area contributed by atoms with Crippen molar-refractivity contribution in [3.05, 3.63) is 41.7 Å². The van der Waals surface area contributed by atoms with E-state index in [0.717, 1.165) is 5.69 Å². The van der Waals surface area contributed by atoms with Crippen LogP contribution in [-0.2, 0) is 0 Å². The number of nitrogens with zero attached hydrogens (tertiary/aromatic N) is 5. The Kier molecular flexibility index (Phi) is 3.70. The number of aromatic nitrogens is 4. The fourth-order valence-corrected chi connectivity index (χ4v) is 2.48. The number of imidazole rings is 1. The molecule has 0 N–H and O–H groups in total. The van der Waals surface area contributed by atoms with Gasteiger partial charge in [-0.05, 0) is 32.0 Å². The number of halogens is 2. The quantitative estimate of drug-likeness (QED) is 0.685. The highest BCUT2D eigenvalue weighted by Gasteiger charge is 2.18. The first-order valence-corrected chi connectivity index (χ1v) is 7.24. The monoisotopic (exact) mass is 319 g/mol. The van der Waals surface area contributed by atoms with E-state index in [0.29, 0.717) is 22.0 Å². The van der Waals surface area contributed by atoms with Gasteiger partial charge in [0.2, 0.25) is 0 Å². The van der Waals surface area contributed by atoms with Gasteiger partial charge in [0.05, 0.1) is 6.33 Å². The van der Waals surface area contributed by atoms with Crippen molar-refractivity contribution in [3.63, 3.8) is 0 Å². The molecule has 2 aromatic heterocycles. The molecule has 0 radical (unpaired) electrons. The van der Waals surface area contributed by atoms with Gasteiger partial charge in [-0.3, -0.25) is 0 Å². The molecule has 0 aliphatic carbocycles. The third-order valence-electron chi connectivity index (χ3n) is 3.45. The van der Waals surface area contributed by atoms with Gasteiger partial charge in [-0.25, -0.2) is 4.98 Å². The van der Waals surface area contributed by atoms with Crippen molar-refractivity contribution in [1.82, 2.24) is 19.5 Å². The highest BCUT2D eigenvalue weighted by Crippen LogP contribution is 2.29. The second-order valence-electron chi connectivity index (χ2n) is 5.27. The Labute approximate surface area is 132 Å². The molecule has 1 aromatic carbocycles. The van der Waals surface area contributed by atoms with E-state index in [1.165, 1.54) is 0 Å². The van der Waals surface area contributed by atoms with Gasteiger partial charge in [0.1, 0.15) is 0 Å². The smallest absolute Gasteiger partial charge is 0.312 e. The molecule has 0 atom stereocenters. The first-order valence-electron chi connectivity index (χ1n) is 6.86. The fourth-order valence-electron chi connectivity index (χ4n) is 2.29. The minimum Gasteiger partial charge on any atom is -0.327 e. The summed E-state index contributed by atoms with van der Waals surface area (Å²) in [5.74, 6) is 0.407. The summed E-state index contributed by atoms with van der Waals surface area (Å²) in [7, 11) is 1.79. The van der Waals surface area contributed by atoms with Crippen LogP contribution in [0.3, 0.4) is 0 Å². The summed E-state index contributed by atoms with van der Waals surface area (Å²) in [5.41, 5.74) is 1.83. The van der Waals surface area contributed by atoms with Gasteiger partial charge >= 0.3 is 6.08 Å². The minimum atomic E-state index is -0.779. The Balaban J connectivity index is 2.18. The highest BCUT2D eigenvalue weighted by atomic mass is 35.5. The van der Waals surface area contributed by atoms with Crippen LogP contribution in [0.4, 0.5) is 15.9 Å². The number of fused-ring (bicyclic) bond motifs is 1. The normalized spacial score (nSPS) is 11.4. The first-order chi connectivity index (χ1) is 10.5. The lowest BCUT2D eigenvalue weighted by Crippen LogP contribution is -2.13. The van der Waals surface area contributed by atoms with Crippen molar-refractivity contribution in [3.8, 4) is 0 Å². The van der Waals surface area contributed by atoms with Gasteiger partial charge in [-0.15, -0.1) is 0 Å². The van der Waals surface area contributed by atoms with Gasteiger partial charge < -0.3 is 9.47 Å². The molecular formula is C15H15ClFN5. The number of rotatable bonds is 3. The molecule has 0 saturated heterocycles. The fraction of sp³-hybridized carbons (Fsp3) is 0.267. The summed E-state index contributed by atoms with van der Waals surface area (Å²) in [6.45, 7) is 3.98. The molecular weight excluding hydrogens is 305 g/mol. The Morgan fingerprint density at radius 2 is 2.05 bits per heavy atom. The molecule has 7 heteroatoms. The molecule has 0 amide bonds. The van der Waals surface area contributed by atoms with Crippen LogP contribution in [0.15, 0.2) is 30.6 Å².